The third-order valence-corrected chi connectivity index (χ3v) is 3.31. The molecule has 1 atom stereocenters. The van der Waals surface area contributed by atoms with Crippen LogP contribution in [0.3, 0.4) is 0 Å². The SMILES string of the molecule is CC(=O)OC(Cc1ccccc1)(C(=O)NF)c1ccccc1. The van der Waals surface area contributed by atoms with Gasteiger partial charge in [-0.1, -0.05) is 60.7 Å². The van der Waals surface area contributed by atoms with Crippen LogP contribution < -0.4 is 5.54 Å². The molecule has 0 aliphatic carbocycles. The average Bonchev–Trinajstić information content (AvgIpc) is 2.54. The van der Waals surface area contributed by atoms with Gasteiger partial charge in [-0.05, 0) is 5.56 Å². The molecule has 1 N–H and O–H groups in total. The molecule has 0 aliphatic heterocycles. The van der Waals surface area contributed by atoms with Crippen LogP contribution >= 0.6 is 0 Å². The Morgan fingerprint density at radius 2 is 1.59 bits per heavy atom. The van der Waals surface area contributed by atoms with Gasteiger partial charge in [0.05, 0.1) is 0 Å². The predicted octanol–water partition coefficient (Wildman–Crippen LogP) is 2.69. The van der Waals surface area contributed by atoms with Crippen molar-refractivity contribution in [2.45, 2.75) is 18.9 Å². The van der Waals surface area contributed by atoms with Crippen LogP contribution in [0.25, 0.3) is 0 Å². The number of amides is 1. The van der Waals surface area contributed by atoms with Gasteiger partial charge in [-0.2, -0.15) is 5.54 Å². The van der Waals surface area contributed by atoms with Crippen LogP contribution in [-0.2, 0) is 26.3 Å². The fourth-order valence-corrected chi connectivity index (χ4v) is 2.37. The molecule has 0 aliphatic rings. The van der Waals surface area contributed by atoms with E-state index in [1.165, 1.54) is 6.92 Å². The molecule has 1 amide bonds. The first-order chi connectivity index (χ1) is 10.6. The van der Waals surface area contributed by atoms with Crippen LogP contribution in [0.1, 0.15) is 18.1 Å². The summed E-state index contributed by atoms with van der Waals surface area (Å²) in [5, 5.41) is 0. The molecule has 0 aromatic heterocycles. The molecule has 0 fully saturated rings. The number of carbonyl (C=O) groups excluding carboxylic acids is 2. The van der Waals surface area contributed by atoms with Crippen molar-refractivity contribution in [2.75, 3.05) is 0 Å². The Bertz CT molecular complexity index is 645. The number of halogens is 1. The number of benzene rings is 2. The largest absolute Gasteiger partial charge is 0.444 e. The molecule has 2 rings (SSSR count). The fourth-order valence-electron chi connectivity index (χ4n) is 2.37. The van der Waals surface area contributed by atoms with E-state index in [2.05, 4.69) is 0 Å². The minimum absolute atomic E-state index is 0.0349. The molecular formula is C17H16FNO3. The maximum Gasteiger partial charge on any atom is 0.304 e. The molecule has 22 heavy (non-hydrogen) atoms. The van der Waals surface area contributed by atoms with E-state index in [-0.39, 0.29) is 6.42 Å². The molecule has 4 nitrogen and oxygen atoms in total. The van der Waals surface area contributed by atoms with Crippen LogP contribution in [0.4, 0.5) is 4.48 Å². The second kappa shape index (κ2) is 6.85. The van der Waals surface area contributed by atoms with Crippen LogP contribution in [0, 0.1) is 0 Å². The van der Waals surface area contributed by atoms with Crippen molar-refractivity contribution in [1.82, 2.24) is 5.54 Å². The summed E-state index contributed by atoms with van der Waals surface area (Å²) in [5.74, 6) is -1.68. The van der Waals surface area contributed by atoms with Crippen molar-refractivity contribution in [3.8, 4) is 0 Å². The minimum atomic E-state index is -1.75. The van der Waals surface area contributed by atoms with E-state index in [9.17, 15) is 14.1 Å². The molecule has 0 saturated heterocycles. The van der Waals surface area contributed by atoms with Crippen molar-refractivity contribution < 1.29 is 18.8 Å². The lowest BCUT2D eigenvalue weighted by Gasteiger charge is -2.31. The highest BCUT2D eigenvalue weighted by Crippen LogP contribution is 2.31. The number of hydrogen-bond donors (Lipinski definition) is 1. The second-order valence-electron chi connectivity index (χ2n) is 4.87. The maximum absolute atomic E-state index is 12.9. The lowest BCUT2D eigenvalue weighted by Crippen LogP contribution is -2.47. The molecule has 0 spiro atoms. The standard InChI is InChI=1S/C17H16FNO3/c1-13(20)22-17(16(21)19-18,15-10-6-3-7-11-15)12-14-8-4-2-5-9-14/h2-11H,12H2,1H3,(H,19,21). The molecule has 5 heteroatoms. The highest BCUT2D eigenvalue weighted by molar-refractivity contribution is 5.88. The maximum atomic E-state index is 12.9. The summed E-state index contributed by atoms with van der Waals surface area (Å²) < 4.78 is 18.2. The summed E-state index contributed by atoms with van der Waals surface area (Å²) in [7, 11) is 0. The Kier molecular flexibility index (Phi) is 4.88. The number of esters is 1. The van der Waals surface area contributed by atoms with Gasteiger partial charge >= 0.3 is 5.97 Å². The van der Waals surface area contributed by atoms with Gasteiger partial charge in [-0.15, -0.1) is 4.48 Å². The van der Waals surface area contributed by atoms with E-state index in [1.807, 2.05) is 6.07 Å². The van der Waals surface area contributed by atoms with Gasteiger partial charge in [0.1, 0.15) is 0 Å². The summed E-state index contributed by atoms with van der Waals surface area (Å²) in [6, 6.07) is 17.4. The lowest BCUT2D eigenvalue weighted by atomic mass is 9.86. The predicted molar refractivity (Wildman–Crippen MR) is 79.3 cm³/mol. The number of hydrogen-bond acceptors (Lipinski definition) is 3. The van der Waals surface area contributed by atoms with Crippen LogP contribution in [0.2, 0.25) is 0 Å². The number of nitrogens with one attached hydrogen (secondary N) is 1. The number of carbonyl (C=O) groups is 2. The Balaban J connectivity index is 2.54. The molecule has 114 valence electrons. The third-order valence-electron chi connectivity index (χ3n) is 3.31. The molecule has 0 bridgehead atoms. The molecule has 2 aromatic rings. The minimum Gasteiger partial charge on any atom is -0.444 e. The van der Waals surface area contributed by atoms with Gasteiger partial charge in [0.25, 0.3) is 5.91 Å². The summed E-state index contributed by atoms with van der Waals surface area (Å²) in [4.78, 5) is 23.7. The van der Waals surface area contributed by atoms with E-state index in [1.54, 1.807) is 54.6 Å². The smallest absolute Gasteiger partial charge is 0.304 e. The molecule has 1 unspecified atom stereocenters. The highest BCUT2D eigenvalue weighted by atomic mass is 19.2. The van der Waals surface area contributed by atoms with Crippen molar-refractivity contribution in [3.63, 3.8) is 0 Å². The number of rotatable bonds is 5. The van der Waals surface area contributed by atoms with E-state index >= 15 is 0 Å². The van der Waals surface area contributed by atoms with Gasteiger partial charge < -0.3 is 4.74 Å². The van der Waals surface area contributed by atoms with Crippen molar-refractivity contribution in [3.05, 3.63) is 71.8 Å². The third kappa shape index (κ3) is 3.31. The zero-order valence-corrected chi connectivity index (χ0v) is 12.1. The van der Waals surface area contributed by atoms with Crippen molar-refractivity contribution in [1.29, 1.82) is 0 Å². The quantitative estimate of drug-likeness (QED) is 0.682. The summed E-state index contributed by atoms with van der Waals surface area (Å²) in [6.45, 7) is 1.19. The monoisotopic (exact) mass is 301 g/mol. The van der Waals surface area contributed by atoms with Crippen LogP contribution in [-0.4, -0.2) is 11.9 Å². The zero-order valence-electron chi connectivity index (χ0n) is 12.1. The molecule has 0 heterocycles. The Morgan fingerprint density at radius 3 is 2.09 bits per heavy atom. The van der Waals surface area contributed by atoms with Crippen molar-refractivity contribution in [2.24, 2.45) is 0 Å². The first-order valence-corrected chi connectivity index (χ1v) is 6.78. The van der Waals surface area contributed by atoms with E-state index in [0.29, 0.717) is 5.56 Å². The van der Waals surface area contributed by atoms with Crippen molar-refractivity contribution >= 4 is 11.9 Å². The van der Waals surface area contributed by atoms with Gasteiger partial charge in [0.2, 0.25) is 5.60 Å². The molecule has 2 aromatic carbocycles. The Hall–Kier alpha value is -2.69. The molecule has 0 saturated carbocycles. The normalized spacial score (nSPS) is 13.0. The van der Waals surface area contributed by atoms with E-state index in [4.69, 9.17) is 4.74 Å². The summed E-state index contributed by atoms with van der Waals surface area (Å²) in [5.41, 5.74) is 0.520. The average molecular weight is 301 g/mol. The van der Waals surface area contributed by atoms with E-state index in [0.717, 1.165) is 11.1 Å². The van der Waals surface area contributed by atoms with Crippen LogP contribution in [0.5, 0.6) is 0 Å². The first-order valence-electron chi connectivity index (χ1n) is 6.78. The van der Waals surface area contributed by atoms with Gasteiger partial charge in [-0.3, -0.25) is 9.59 Å². The lowest BCUT2D eigenvalue weighted by molar-refractivity contribution is -0.170. The molecule has 0 radical (unpaired) electrons. The van der Waals surface area contributed by atoms with Gasteiger partial charge in [-0.25, -0.2) is 0 Å². The van der Waals surface area contributed by atoms with Gasteiger partial charge in [0, 0.05) is 18.9 Å². The van der Waals surface area contributed by atoms with Crippen LogP contribution in [0.15, 0.2) is 60.7 Å². The second-order valence-corrected chi connectivity index (χ2v) is 4.87. The Morgan fingerprint density at radius 1 is 1.05 bits per heavy atom. The van der Waals surface area contributed by atoms with Gasteiger partial charge in [0.15, 0.2) is 0 Å². The fraction of sp³-hybridized carbons (Fsp3) is 0.176. The zero-order chi connectivity index (χ0) is 16.0. The van der Waals surface area contributed by atoms with E-state index < -0.39 is 17.5 Å². The highest BCUT2D eigenvalue weighted by Gasteiger charge is 2.44. The topological polar surface area (TPSA) is 55.4 Å². The summed E-state index contributed by atoms with van der Waals surface area (Å²) in [6.07, 6.45) is 0.0349. The molecular weight excluding hydrogens is 285 g/mol. The Labute approximate surface area is 127 Å². The summed E-state index contributed by atoms with van der Waals surface area (Å²) >= 11 is 0. The number of ether oxygens (including phenoxy) is 1. The first kappa shape index (κ1) is 15.7.